The van der Waals surface area contributed by atoms with Gasteiger partial charge in [-0.15, -0.1) is 0 Å². The molecule has 0 heterocycles. The van der Waals surface area contributed by atoms with Gasteiger partial charge in [-0.05, 0) is 54.4 Å². The first-order valence-electron chi connectivity index (χ1n) is 6.22. The van der Waals surface area contributed by atoms with Gasteiger partial charge < -0.3 is 15.2 Å². The summed E-state index contributed by atoms with van der Waals surface area (Å²) in [6, 6.07) is 4.56. The zero-order valence-electron chi connectivity index (χ0n) is 11.7. The largest absolute Gasteiger partial charge is 0.484 e. The number of rotatable bonds is 6. The van der Waals surface area contributed by atoms with Crippen molar-refractivity contribution in [2.45, 2.75) is 32.7 Å². The zero-order valence-corrected chi connectivity index (χ0v) is 13.3. The number of amides is 1. The summed E-state index contributed by atoms with van der Waals surface area (Å²) in [5, 5.41) is 11.8. The van der Waals surface area contributed by atoms with Crippen molar-refractivity contribution in [1.29, 1.82) is 0 Å². The van der Waals surface area contributed by atoms with E-state index in [9.17, 15) is 9.59 Å². The van der Waals surface area contributed by atoms with Gasteiger partial charge in [0.1, 0.15) is 5.75 Å². The molecule has 1 aromatic carbocycles. The van der Waals surface area contributed by atoms with E-state index in [0.29, 0.717) is 10.2 Å². The topological polar surface area (TPSA) is 75.6 Å². The first-order valence-corrected chi connectivity index (χ1v) is 7.01. The van der Waals surface area contributed by atoms with Crippen molar-refractivity contribution in [3.05, 3.63) is 28.2 Å². The molecule has 0 fully saturated rings. The number of ether oxygens (including phenoxy) is 1. The molecular formula is C14H18BrNO4. The van der Waals surface area contributed by atoms with Crippen LogP contribution in [0, 0.1) is 0 Å². The van der Waals surface area contributed by atoms with Crippen molar-refractivity contribution in [3.63, 3.8) is 0 Å². The monoisotopic (exact) mass is 343 g/mol. The molecular weight excluding hydrogens is 326 g/mol. The van der Waals surface area contributed by atoms with Gasteiger partial charge in [0.05, 0.1) is 5.56 Å². The third kappa shape index (κ3) is 4.85. The molecule has 0 aliphatic heterocycles. The smallest absolute Gasteiger partial charge is 0.336 e. The number of carboxylic acids is 1. The Morgan fingerprint density at radius 3 is 2.60 bits per heavy atom. The molecule has 1 rings (SSSR count). The van der Waals surface area contributed by atoms with Crippen molar-refractivity contribution in [1.82, 2.24) is 5.32 Å². The van der Waals surface area contributed by atoms with Gasteiger partial charge in [0.15, 0.2) is 6.61 Å². The highest BCUT2D eigenvalue weighted by Crippen LogP contribution is 2.22. The highest BCUT2D eigenvalue weighted by atomic mass is 79.9. The van der Waals surface area contributed by atoms with E-state index in [0.717, 1.165) is 6.42 Å². The molecule has 0 bridgehead atoms. The van der Waals surface area contributed by atoms with Crippen molar-refractivity contribution in [2.24, 2.45) is 0 Å². The van der Waals surface area contributed by atoms with E-state index in [1.54, 1.807) is 12.1 Å². The van der Waals surface area contributed by atoms with Crippen LogP contribution in [-0.4, -0.2) is 29.1 Å². The number of hydrogen-bond acceptors (Lipinski definition) is 3. The van der Waals surface area contributed by atoms with E-state index >= 15 is 0 Å². The van der Waals surface area contributed by atoms with Crippen LogP contribution in [-0.2, 0) is 4.79 Å². The maximum absolute atomic E-state index is 11.7. The van der Waals surface area contributed by atoms with Crippen LogP contribution < -0.4 is 10.1 Å². The lowest BCUT2D eigenvalue weighted by Crippen LogP contribution is -2.44. The number of aromatic carboxylic acids is 1. The van der Waals surface area contributed by atoms with Crippen LogP contribution in [0.15, 0.2) is 22.7 Å². The summed E-state index contributed by atoms with van der Waals surface area (Å²) < 4.78 is 5.77. The van der Waals surface area contributed by atoms with Crippen LogP contribution >= 0.6 is 15.9 Å². The van der Waals surface area contributed by atoms with Gasteiger partial charge in [0.2, 0.25) is 0 Å². The van der Waals surface area contributed by atoms with Crippen LogP contribution in [0.2, 0.25) is 0 Å². The summed E-state index contributed by atoms with van der Waals surface area (Å²) in [6.07, 6.45) is 0.806. The Hall–Kier alpha value is -1.56. The number of carbonyl (C=O) groups excluding carboxylic acids is 1. The standard InChI is InChI=1S/C14H18BrNO4/c1-4-14(2,3)16-12(17)8-20-9-5-6-11(15)10(7-9)13(18)19/h5-7H,4,8H2,1-3H3,(H,16,17)(H,18,19). The molecule has 6 heteroatoms. The van der Waals surface area contributed by atoms with Crippen LogP contribution in [0.5, 0.6) is 5.75 Å². The summed E-state index contributed by atoms with van der Waals surface area (Å²) in [6.45, 7) is 5.68. The quantitative estimate of drug-likeness (QED) is 0.832. The van der Waals surface area contributed by atoms with E-state index in [2.05, 4.69) is 21.2 Å². The van der Waals surface area contributed by atoms with Crippen molar-refractivity contribution in [3.8, 4) is 5.75 Å². The lowest BCUT2D eigenvalue weighted by atomic mass is 10.0. The molecule has 0 aromatic heterocycles. The number of nitrogens with one attached hydrogen (secondary N) is 1. The molecule has 2 N–H and O–H groups in total. The van der Waals surface area contributed by atoms with Gasteiger partial charge in [-0.3, -0.25) is 4.79 Å². The van der Waals surface area contributed by atoms with Crippen LogP contribution in [0.1, 0.15) is 37.6 Å². The van der Waals surface area contributed by atoms with Crippen molar-refractivity contribution in [2.75, 3.05) is 6.61 Å². The van der Waals surface area contributed by atoms with Gasteiger partial charge in [0, 0.05) is 10.0 Å². The Kier molecular flexibility index (Phi) is 5.56. The SMILES string of the molecule is CCC(C)(C)NC(=O)COc1ccc(Br)c(C(=O)O)c1. The molecule has 20 heavy (non-hydrogen) atoms. The van der Waals surface area contributed by atoms with E-state index in [1.165, 1.54) is 6.07 Å². The lowest BCUT2D eigenvalue weighted by molar-refractivity contribution is -0.124. The summed E-state index contributed by atoms with van der Waals surface area (Å²) in [5.74, 6) is -0.953. The van der Waals surface area contributed by atoms with Gasteiger partial charge >= 0.3 is 5.97 Å². The molecule has 0 spiro atoms. The van der Waals surface area contributed by atoms with Crippen LogP contribution in [0.25, 0.3) is 0 Å². The minimum Gasteiger partial charge on any atom is -0.484 e. The fraction of sp³-hybridized carbons (Fsp3) is 0.429. The number of halogens is 1. The number of carbonyl (C=O) groups is 2. The minimum absolute atomic E-state index is 0.0943. The van der Waals surface area contributed by atoms with E-state index in [4.69, 9.17) is 9.84 Å². The summed E-state index contributed by atoms with van der Waals surface area (Å²) in [7, 11) is 0. The predicted molar refractivity (Wildman–Crippen MR) is 79.1 cm³/mol. The molecule has 0 radical (unpaired) electrons. The fourth-order valence-corrected chi connectivity index (χ4v) is 1.83. The second-order valence-electron chi connectivity index (χ2n) is 5.02. The number of benzene rings is 1. The molecule has 0 atom stereocenters. The molecule has 0 aliphatic carbocycles. The van der Waals surface area contributed by atoms with Gasteiger partial charge in [-0.25, -0.2) is 4.79 Å². The molecule has 1 aromatic rings. The summed E-state index contributed by atoms with van der Waals surface area (Å²) in [5.41, 5.74) is -0.191. The normalized spacial score (nSPS) is 11.0. The van der Waals surface area contributed by atoms with Gasteiger partial charge in [-0.1, -0.05) is 6.92 Å². The first kappa shape index (κ1) is 16.5. The third-order valence-electron chi connectivity index (χ3n) is 2.90. The Bertz CT molecular complexity index is 514. The van der Waals surface area contributed by atoms with E-state index in [-0.39, 0.29) is 23.6 Å². The fourth-order valence-electron chi connectivity index (χ4n) is 1.41. The second-order valence-corrected chi connectivity index (χ2v) is 5.88. The third-order valence-corrected chi connectivity index (χ3v) is 3.59. The van der Waals surface area contributed by atoms with E-state index < -0.39 is 5.97 Å². The second kappa shape index (κ2) is 6.74. The molecule has 5 nitrogen and oxygen atoms in total. The Morgan fingerprint density at radius 2 is 2.05 bits per heavy atom. The Labute approximate surface area is 126 Å². The number of carboxylic acid groups (broad SMARTS) is 1. The highest BCUT2D eigenvalue weighted by Gasteiger charge is 2.18. The molecule has 0 saturated heterocycles. The Balaban J connectivity index is 2.64. The molecule has 0 saturated carbocycles. The van der Waals surface area contributed by atoms with Gasteiger partial charge in [0.25, 0.3) is 5.91 Å². The average Bonchev–Trinajstić information content (AvgIpc) is 2.37. The predicted octanol–water partition coefficient (Wildman–Crippen LogP) is 2.83. The maximum Gasteiger partial charge on any atom is 0.336 e. The summed E-state index contributed by atoms with van der Waals surface area (Å²) in [4.78, 5) is 22.7. The first-order chi connectivity index (χ1) is 9.25. The summed E-state index contributed by atoms with van der Waals surface area (Å²) >= 11 is 3.14. The van der Waals surface area contributed by atoms with Crippen molar-refractivity contribution >= 4 is 27.8 Å². The molecule has 0 unspecified atom stereocenters. The minimum atomic E-state index is -1.06. The molecule has 1 amide bonds. The van der Waals surface area contributed by atoms with Crippen LogP contribution in [0.3, 0.4) is 0 Å². The van der Waals surface area contributed by atoms with E-state index in [1.807, 2.05) is 20.8 Å². The molecule has 110 valence electrons. The van der Waals surface area contributed by atoms with Crippen LogP contribution in [0.4, 0.5) is 0 Å². The number of hydrogen-bond donors (Lipinski definition) is 2. The van der Waals surface area contributed by atoms with Gasteiger partial charge in [-0.2, -0.15) is 0 Å². The van der Waals surface area contributed by atoms with Crippen molar-refractivity contribution < 1.29 is 19.4 Å². The average molecular weight is 344 g/mol. The maximum atomic E-state index is 11.7. The Morgan fingerprint density at radius 1 is 1.40 bits per heavy atom. The molecule has 0 aliphatic rings. The highest BCUT2D eigenvalue weighted by molar-refractivity contribution is 9.10. The zero-order chi connectivity index (χ0) is 15.3. The lowest BCUT2D eigenvalue weighted by Gasteiger charge is -2.24.